The molecule has 0 radical (unpaired) electrons. The SMILES string of the molecule is COC(=O)C1CCC2OCCOC2C1. The highest BCUT2D eigenvalue weighted by molar-refractivity contribution is 5.72. The average molecular weight is 200 g/mol. The van der Waals surface area contributed by atoms with Crippen LogP contribution in [0.5, 0.6) is 0 Å². The molecule has 2 rings (SSSR count). The Hall–Kier alpha value is -0.610. The number of esters is 1. The lowest BCUT2D eigenvalue weighted by Crippen LogP contribution is -2.44. The molecule has 2 aliphatic rings. The van der Waals surface area contributed by atoms with Crippen molar-refractivity contribution in [2.75, 3.05) is 20.3 Å². The van der Waals surface area contributed by atoms with E-state index >= 15 is 0 Å². The summed E-state index contributed by atoms with van der Waals surface area (Å²) in [5, 5.41) is 0. The maximum Gasteiger partial charge on any atom is 0.308 e. The summed E-state index contributed by atoms with van der Waals surface area (Å²) < 4.78 is 15.9. The predicted octanol–water partition coefficient (Wildman–Crippen LogP) is 0.743. The first-order valence-corrected chi connectivity index (χ1v) is 5.12. The molecule has 0 aromatic rings. The monoisotopic (exact) mass is 200 g/mol. The van der Waals surface area contributed by atoms with Crippen LogP contribution < -0.4 is 0 Å². The zero-order chi connectivity index (χ0) is 9.97. The van der Waals surface area contributed by atoms with Gasteiger partial charge in [0, 0.05) is 0 Å². The molecule has 0 aromatic heterocycles. The van der Waals surface area contributed by atoms with Crippen LogP contribution in [0.2, 0.25) is 0 Å². The van der Waals surface area contributed by atoms with Crippen molar-refractivity contribution in [1.29, 1.82) is 0 Å². The highest BCUT2D eigenvalue weighted by atomic mass is 16.6. The maximum absolute atomic E-state index is 11.3. The summed E-state index contributed by atoms with van der Waals surface area (Å²) >= 11 is 0. The first-order chi connectivity index (χ1) is 6.81. The summed E-state index contributed by atoms with van der Waals surface area (Å²) in [6, 6.07) is 0. The lowest BCUT2D eigenvalue weighted by Gasteiger charge is -2.37. The largest absolute Gasteiger partial charge is 0.469 e. The normalized spacial score (nSPS) is 37.4. The van der Waals surface area contributed by atoms with Crippen LogP contribution in [0.15, 0.2) is 0 Å². The number of hydrogen-bond acceptors (Lipinski definition) is 4. The fourth-order valence-corrected chi connectivity index (χ4v) is 2.25. The molecule has 4 nitrogen and oxygen atoms in total. The first-order valence-electron chi connectivity index (χ1n) is 5.12. The third kappa shape index (κ3) is 1.91. The molecule has 3 atom stereocenters. The molecule has 1 saturated carbocycles. The Kier molecular flexibility index (Phi) is 3.03. The van der Waals surface area contributed by atoms with Crippen molar-refractivity contribution in [2.45, 2.75) is 31.5 Å². The Morgan fingerprint density at radius 1 is 1.21 bits per heavy atom. The Balaban J connectivity index is 1.92. The Bertz CT molecular complexity index is 216. The number of rotatable bonds is 1. The molecule has 0 bridgehead atoms. The Morgan fingerprint density at radius 2 is 1.93 bits per heavy atom. The van der Waals surface area contributed by atoms with E-state index in [1.165, 1.54) is 7.11 Å². The molecule has 0 N–H and O–H groups in total. The van der Waals surface area contributed by atoms with E-state index in [0.29, 0.717) is 13.2 Å². The van der Waals surface area contributed by atoms with Crippen molar-refractivity contribution in [1.82, 2.24) is 0 Å². The molecule has 1 heterocycles. The Morgan fingerprint density at radius 3 is 2.64 bits per heavy atom. The Labute approximate surface area is 83.5 Å². The standard InChI is InChI=1S/C10H16O4/c1-12-10(11)7-2-3-8-9(6-7)14-5-4-13-8/h7-9H,2-6H2,1H3. The lowest BCUT2D eigenvalue weighted by molar-refractivity contribution is -0.173. The van der Waals surface area contributed by atoms with Crippen LogP contribution in [0.4, 0.5) is 0 Å². The zero-order valence-corrected chi connectivity index (χ0v) is 8.40. The van der Waals surface area contributed by atoms with Crippen LogP contribution in [0.1, 0.15) is 19.3 Å². The molecule has 1 saturated heterocycles. The van der Waals surface area contributed by atoms with E-state index < -0.39 is 0 Å². The quantitative estimate of drug-likeness (QED) is 0.586. The number of carbonyl (C=O) groups excluding carboxylic acids is 1. The fraction of sp³-hybridized carbons (Fsp3) is 0.900. The van der Waals surface area contributed by atoms with Crippen LogP contribution in [0.25, 0.3) is 0 Å². The van der Waals surface area contributed by atoms with Crippen LogP contribution in [-0.2, 0) is 19.0 Å². The van der Waals surface area contributed by atoms with Crippen molar-refractivity contribution in [2.24, 2.45) is 5.92 Å². The number of fused-ring (bicyclic) bond motifs is 1. The van der Waals surface area contributed by atoms with Gasteiger partial charge in [-0.15, -0.1) is 0 Å². The second kappa shape index (κ2) is 4.28. The number of ether oxygens (including phenoxy) is 3. The maximum atomic E-state index is 11.3. The summed E-state index contributed by atoms with van der Waals surface area (Å²) in [7, 11) is 1.44. The van der Waals surface area contributed by atoms with Crippen molar-refractivity contribution < 1.29 is 19.0 Å². The number of hydrogen-bond donors (Lipinski definition) is 0. The van der Waals surface area contributed by atoms with E-state index in [-0.39, 0.29) is 24.1 Å². The smallest absolute Gasteiger partial charge is 0.308 e. The fourth-order valence-electron chi connectivity index (χ4n) is 2.25. The molecule has 80 valence electrons. The van der Waals surface area contributed by atoms with E-state index in [9.17, 15) is 4.79 Å². The van der Waals surface area contributed by atoms with Gasteiger partial charge in [-0.25, -0.2) is 0 Å². The number of methoxy groups -OCH3 is 1. The second-order valence-electron chi connectivity index (χ2n) is 3.85. The molecule has 3 unspecified atom stereocenters. The molecule has 2 fully saturated rings. The van der Waals surface area contributed by atoms with E-state index in [1.807, 2.05) is 0 Å². The van der Waals surface area contributed by atoms with Crippen LogP contribution in [0, 0.1) is 5.92 Å². The first kappa shape index (κ1) is 9.93. The van der Waals surface area contributed by atoms with Gasteiger partial charge in [-0.3, -0.25) is 4.79 Å². The van der Waals surface area contributed by atoms with Gasteiger partial charge < -0.3 is 14.2 Å². The van der Waals surface area contributed by atoms with Gasteiger partial charge >= 0.3 is 5.97 Å². The summed E-state index contributed by atoms with van der Waals surface area (Å²) in [4.78, 5) is 11.3. The van der Waals surface area contributed by atoms with Gasteiger partial charge in [0.15, 0.2) is 0 Å². The van der Waals surface area contributed by atoms with Gasteiger partial charge in [-0.2, -0.15) is 0 Å². The zero-order valence-electron chi connectivity index (χ0n) is 8.40. The third-order valence-corrected chi connectivity index (χ3v) is 3.01. The van der Waals surface area contributed by atoms with Crippen LogP contribution >= 0.6 is 0 Å². The summed E-state index contributed by atoms with van der Waals surface area (Å²) in [6.45, 7) is 1.33. The topological polar surface area (TPSA) is 44.8 Å². The minimum atomic E-state index is -0.113. The van der Waals surface area contributed by atoms with Crippen molar-refractivity contribution in [3.8, 4) is 0 Å². The van der Waals surface area contributed by atoms with Crippen molar-refractivity contribution in [3.63, 3.8) is 0 Å². The lowest BCUT2D eigenvalue weighted by atomic mass is 9.85. The summed E-state index contributed by atoms with van der Waals surface area (Å²) in [5.41, 5.74) is 0. The van der Waals surface area contributed by atoms with Gasteiger partial charge in [0.25, 0.3) is 0 Å². The molecule has 0 spiro atoms. The number of carbonyl (C=O) groups is 1. The van der Waals surface area contributed by atoms with E-state index in [4.69, 9.17) is 14.2 Å². The van der Waals surface area contributed by atoms with Gasteiger partial charge in [-0.1, -0.05) is 0 Å². The van der Waals surface area contributed by atoms with Gasteiger partial charge in [0.05, 0.1) is 38.4 Å². The molecule has 14 heavy (non-hydrogen) atoms. The van der Waals surface area contributed by atoms with E-state index in [2.05, 4.69) is 0 Å². The summed E-state index contributed by atoms with van der Waals surface area (Å²) in [5.74, 6) is -0.111. The van der Waals surface area contributed by atoms with E-state index in [0.717, 1.165) is 19.3 Å². The minimum absolute atomic E-state index is 0.00273. The van der Waals surface area contributed by atoms with Crippen molar-refractivity contribution in [3.05, 3.63) is 0 Å². The van der Waals surface area contributed by atoms with Crippen LogP contribution in [0.3, 0.4) is 0 Å². The predicted molar refractivity (Wildman–Crippen MR) is 48.8 cm³/mol. The molecular formula is C10H16O4. The molecule has 1 aliphatic heterocycles. The van der Waals surface area contributed by atoms with Crippen molar-refractivity contribution >= 4 is 5.97 Å². The third-order valence-electron chi connectivity index (χ3n) is 3.01. The molecule has 0 aromatic carbocycles. The molecular weight excluding hydrogens is 184 g/mol. The van der Waals surface area contributed by atoms with Gasteiger partial charge in [0.2, 0.25) is 0 Å². The van der Waals surface area contributed by atoms with E-state index in [1.54, 1.807) is 0 Å². The summed E-state index contributed by atoms with van der Waals surface area (Å²) in [6.07, 6.45) is 2.81. The molecule has 4 heteroatoms. The highest BCUT2D eigenvalue weighted by Crippen LogP contribution is 2.31. The second-order valence-corrected chi connectivity index (χ2v) is 3.85. The highest BCUT2D eigenvalue weighted by Gasteiger charge is 2.37. The molecule has 1 aliphatic carbocycles. The van der Waals surface area contributed by atoms with Gasteiger partial charge in [0.1, 0.15) is 0 Å². The van der Waals surface area contributed by atoms with Gasteiger partial charge in [-0.05, 0) is 19.3 Å². The molecule has 0 amide bonds. The van der Waals surface area contributed by atoms with Crippen LogP contribution in [-0.4, -0.2) is 38.5 Å². The average Bonchev–Trinajstić information content (AvgIpc) is 2.27. The minimum Gasteiger partial charge on any atom is -0.469 e.